The van der Waals surface area contributed by atoms with Crippen molar-refractivity contribution < 1.29 is 0 Å². The van der Waals surface area contributed by atoms with Gasteiger partial charge in [0.25, 0.3) is 0 Å². The van der Waals surface area contributed by atoms with Gasteiger partial charge >= 0.3 is 0 Å². The molecule has 0 saturated carbocycles. The van der Waals surface area contributed by atoms with Crippen molar-refractivity contribution in [1.29, 1.82) is 0 Å². The van der Waals surface area contributed by atoms with E-state index in [0.29, 0.717) is 5.92 Å². The summed E-state index contributed by atoms with van der Waals surface area (Å²) in [5.74, 6) is 0.551. The van der Waals surface area contributed by atoms with Crippen LogP contribution >= 0.6 is 22.9 Å². The predicted octanol–water partition coefficient (Wildman–Crippen LogP) is 4.98. The molecule has 3 aromatic rings. The lowest BCUT2D eigenvalue weighted by Crippen LogP contribution is -2.04. The van der Waals surface area contributed by atoms with Gasteiger partial charge in [0.05, 0.1) is 9.21 Å². The summed E-state index contributed by atoms with van der Waals surface area (Å²) in [6.45, 7) is 5.28. The molecule has 0 saturated heterocycles. The van der Waals surface area contributed by atoms with Crippen LogP contribution in [0.25, 0.3) is 21.7 Å². The summed E-state index contributed by atoms with van der Waals surface area (Å²) in [7, 11) is 0. The van der Waals surface area contributed by atoms with Crippen molar-refractivity contribution in [3.63, 3.8) is 0 Å². The van der Waals surface area contributed by atoms with Crippen molar-refractivity contribution in [3.8, 4) is 21.7 Å². The minimum atomic E-state index is 0.551. The van der Waals surface area contributed by atoms with Gasteiger partial charge in [0.1, 0.15) is 5.69 Å². The number of rotatable bonds is 4. The highest BCUT2D eigenvalue weighted by molar-refractivity contribution is 7.19. The Balaban J connectivity index is 2.10. The first-order valence-electron chi connectivity index (χ1n) is 6.87. The van der Waals surface area contributed by atoms with E-state index < -0.39 is 0 Å². The summed E-state index contributed by atoms with van der Waals surface area (Å²) in [5, 5.41) is 4.76. The van der Waals surface area contributed by atoms with Crippen LogP contribution < -0.4 is 0 Å². The monoisotopic (exact) mass is 317 g/mol. The van der Waals surface area contributed by atoms with Crippen LogP contribution in [-0.2, 0) is 6.54 Å². The molecule has 3 heterocycles. The zero-order valence-electron chi connectivity index (χ0n) is 12.0. The van der Waals surface area contributed by atoms with E-state index in [2.05, 4.69) is 25.0 Å². The van der Waals surface area contributed by atoms with E-state index in [0.717, 1.165) is 32.6 Å². The molecule has 0 bridgehead atoms. The van der Waals surface area contributed by atoms with Crippen LogP contribution in [0.1, 0.15) is 13.8 Å². The van der Waals surface area contributed by atoms with Crippen molar-refractivity contribution in [3.05, 3.63) is 47.2 Å². The van der Waals surface area contributed by atoms with Gasteiger partial charge in [-0.25, -0.2) is 0 Å². The van der Waals surface area contributed by atoms with E-state index in [1.165, 1.54) is 0 Å². The highest BCUT2D eigenvalue weighted by Gasteiger charge is 2.15. The first-order valence-corrected chi connectivity index (χ1v) is 8.06. The fourth-order valence-corrected chi connectivity index (χ4v) is 3.30. The standard InChI is InChI=1S/C16H16ClN3S/c1-11(2)9-20-10-13(12-5-7-18-8-6-12)16(19-20)14-3-4-15(17)21-14/h3-8,10-11H,9H2,1-2H3. The van der Waals surface area contributed by atoms with Gasteiger partial charge in [-0.05, 0) is 35.7 Å². The average molecular weight is 318 g/mol. The topological polar surface area (TPSA) is 30.7 Å². The van der Waals surface area contributed by atoms with Crippen molar-refractivity contribution in [2.45, 2.75) is 20.4 Å². The van der Waals surface area contributed by atoms with E-state index in [-0.39, 0.29) is 0 Å². The maximum Gasteiger partial charge on any atom is 0.110 e. The van der Waals surface area contributed by atoms with Crippen LogP contribution in [0.5, 0.6) is 0 Å². The summed E-state index contributed by atoms with van der Waals surface area (Å²) in [4.78, 5) is 5.18. The minimum absolute atomic E-state index is 0.551. The van der Waals surface area contributed by atoms with E-state index in [1.54, 1.807) is 23.7 Å². The maximum atomic E-state index is 6.07. The molecule has 0 aromatic carbocycles. The molecule has 0 aliphatic rings. The normalized spacial score (nSPS) is 11.2. The molecule has 0 fully saturated rings. The molecule has 21 heavy (non-hydrogen) atoms. The molecule has 3 rings (SSSR count). The first kappa shape index (κ1) is 14.3. The molecule has 0 unspecified atom stereocenters. The largest absolute Gasteiger partial charge is 0.271 e. The van der Waals surface area contributed by atoms with Crippen molar-refractivity contribution >= 4 is 22.9 Å². The SMILES string of the molecule is CC(C)Cn1cc(-c2ccncc2)c(-c2ccc(Cl)s2)n1. The molecule has 0 spiro atoms. The van der Waals surface area contributed by atoms with E-state index in [1.807, 2.05) is 28.9 Å². The lowest BCUT2D eigenvalue weighted by atomic mass is 10.1. The van der Waals surface area contributed by atoms with Gasteiger partial charge in [-0.3, -0.25) is 9.67 Å². The summed E-state index contributed by atoms with van der Waals surface area (Å²) in [6.07, 6.45) is 5.72. The minimum Gasteiger partial charge on any atom is -0.271 e. The van der Waals surface area contributed by atoms with Crippen LogP contribution in [0.15, 0.2) is 42.9 Å². The van der Waals surface area contributed by atoms with E-state index in [9.17, 15) is 0 Å². The summed E-state index contributed by atoms with van der Waals surface area (Å²) >= 11 is 7.63. The maximum absolute atomic E-state index is 6.07. The second-order valence-electron chi connectivity index (χ2n) is 5.35. The van der Waals surface area contributed by atoms with Crippen molar-refractivity contribution in [2.75, 3.05) is 0 Å². The summed E-state index contributed by atoms with van der Waals surface area (Å²) < 4.78 is 2.80. The van der Waals surface area contributed by atoms with Gasteiger partial charge in [-0.15, -0.1) is 11.3 Å². The second-order valence-corrected chi connectivity index (χ2v) is 7.06. The Morgan fingerprint density at radius 2 is 1.95 bits per heavy atom. The predicted molar refractivity (Wildman–Crippen MR) is 88.6 cm³/mol. The van der Waals surface area contributed by atoms with Gasteiger partial charge in [0.2, 0.25) is 0 Å². The molecule has 3 nitrogen and oxygen atoms in total. The molecule has 0 N–H and O–H groups in total. The highest BCUT2D eigenvalue weighted by Crippen LogP contribution is 2.36. The van der Waals surface area contributed by atoms with E-state index >= 15 is 0 Å². The average Bonchev–Trinajstić information content (AvgIpc) is 3.05. The number of halogens is 1. The Kier molecular flexibility index (Phi) is 4.08. The molecular formula is C16H16ClN3S. The third-order valence-electron chi connectivity index (χ3n) is 3.11. The van der Waals surface area contributed by atoms with Crippen LogP contribution in [0.4, 0.5) is 0 Å². The Morgan fingerprint density at radius 3 is 2.57 bits per heavy atom. The fraction of sp³-hybridized carbons (Fsp3) is 0.250. The molecular weight excluding hydrogens is 302 g/mol. The number of hydrogen-bond donors (Lipinski definition) is 0. The van der Waals surface area contributed by atoms with Crippen molar-refractivity contribution in [1.82, 2.24) is 14.8 Å². The van der Waals surface area contributed by atoms with Crippen molar-refractivity contribution in [2.24, 2.45) is 5.92 Å². The molecule has 3 aromatic heterocycles. The van der Waals surface area contributed by atoms with Crippen LogP contribution in [0.3, 0.4) is 0 Å². The summed E-state index contributed by atoms with van der Waals surface area (Å²) in [5.41, 5.74) is 3.23. The number of pyridine rings is 1. The molecule has 5 heteroatoms. The van der Waals surface area contributed by atoms with Gasteiger partial charge in [0.15, 0.2) is 0 Å². The van der Waals surface area contributed by atoms with Gasteiger partial charge in [-0.2, -0.15) is 5.10 Å². The third kappa shape index (κ3) is 3.17. The zero-order chi connectivity index (χ0) is 14.8. The van der Waals surface area contributed by atoms with Crippen LogP contribution in [-0.4, -0.2) is 14.8 Å². The quantitative estimate of drug-likeness (QED) is 0.679. The number of hydrogen-bond acceptors (Lipinski definition) is 3. The molecule has 0 radical (unpaired) electrons. The summed E-state index contributed by atoms with van der Waals surface area (Å²) in [6, 6.07) is 7.96. The van der Waals surface area contributed by atoms with Gasteiger partial charge in [0, 0.05) is 30.7 Å². The Morgan fingerprint density at radius 1 is 1.19 bits per heavy atom. The molecule has 0 atom stereocenters. The fourth-order valence-electron chi connectivity index (χ4n) is 2.26. The lowest BCUT2D eigenvalue weighted by molar-refractivity contribution is 0.484. The highest BCUT2D eigenvalue weighted by atomic mass is 35.5. The first-order chi connectivity index (χ1) is 10.1. The number of aromatic nitrogens is 3. The smallest absolute Gasteiger partial charge is 0.110 e. The lowest BCUT2D eigenvalue weighted by Gasteiger charge is -2.03. The number of nitrogens with zero attached hydrogens (tertiary/aromatic N) is 3. The third-order valence-corrected chi connectivity index (χ3v) is 4.35. The molecule has 0 aliphatic heterocycles. The Bertz CT molecular complexity index is 731. The molecule has 0 amide bonds. The van der Waals surface area contributed by atoms with Crippen LogP contribution in [0.2, 0.25) is 4.34 Å². The molecule has 0 aliphatic carbocycles. The van der Waals surface area contributed by atoms with Crippen LogP contribution in [0, 0.1) is 5.92 Å². The molecule has 108 valence electrons. The Hall–Kier alpha value is -1.65. The van der Waals surface area contributed by atoms with Gasteiger partial charge < -0.3 is 0 Å². The van der Waals surface area contributed by atoms with E-state index in [4.69, 9.17) is 16.7 Å². The second kappa shape index (κ2) is 6.00. The zero-order valence-corrected chi connectivity index (χ0v) is 13.5. The van der Waals surface area contributed by atoms with Gasteiger partial charge in [-0.1, -0.05) is 25.4 Å². The number of thiophene rings is 1. The Labute approximate surface area is 133 Å².